The van der Waals surface area contributed by atoms with Crippen LogP contribution in [0, 0.1) is 0 Å². The molecular weight excluding hydrogens is 359 g/mol. The van der Waals surface area contributed by atoms with Crippen molar-refractivity contribution in [3.63, 3.8) is 0 Å². The van der Waals surface area contributed by atoms with Gasteiger partial charge in [0.05, 0.1) is 11.3 Å². The van der Waals surface area contributed by atoms with Gasteiger partial charge in [-0.15, -0.1) is 10.2 Å². The smallest absolute Gasteiger partial charge is 0.347 e. The van der Waals surface area contributed by atoms with Gasteiger partial charge in [0, 0.05) is 18.9 Å². The molecule has 9 heteroatoms. The normalized spacial score (nSPS) is 11.1. The molecule has 138 valence electrons. The highest BCUT2D eigenvalue weighted by Gasteiger charge is 2.33. The number of carbonyl (C=O) groups is 1. The molecule has 0 radical (unpaired) electrons. The topological polar surface area (TPSA) is 79.8 Å². The Morgan fingerprint density at radius 2 is 1.70 bits per heavy atom. The van der Waals surface area contributed by atoms with Gasteiger partial charge in [0.1, 0.15) is 0 Å². The van der Waals surface area contributed by atoms with Crippen molar-refractivity contribution in [3.8, 4) is 0 Å². The Morgan fingerprint density at radius 1 is 0.963 bits per heavy atom. The lowest BCUT2D eigenvalue weighted by atomic mass is 10.1. The molecule has 2 heterocycles. The first kappa shape index (κ1) is 18.3. The van der Waals surface area contributed by atoms with Crippen molar-refractivity contribution in [2.45, 2.75) is 12.7 Å². The minimum atomic E-state index is -4.50. The number of aromatic nitrogens is 3. The number of nitrogens with zero attached hydrogens (tertiary/aromatic N) is 3. The van der Waals surface area contributed by atoms with Gasteiger partial charge >= 0.3 is 6.18 Å². The lowest BCUT2D eigenvalue weighted by molar-refractivity contribution is -0.136. The molecule has 0 saturated carbocycles. The SMILES string of the molecule is O=C(NCc1ccncc1)c1ccc(Nc2ccccc2C(F)(F)F)nn1. The van der Waals surface area contributed by atoms with Crippen molar-refractivity contribution in [2.24, 2.45) is 0 Å². The summed E-state index contributed by atoms with van der Waals surface area (Å²) in [4.78, 5) is 16.0. The second-order valence-corrected chi connectivity index (χ2v) is 5.51. The van der Waals surface area contributed by atoms with Crippen LogP contribution in [0.5, 0.6) is 0 Å². The van der Waals surface area contributed by atoms with Gasteiger partial charge in [-0.1, -0.05) is 12.1 Å². The van der Waals surface area contributed by atoms with E-state index in [2.05, 4.69) is 25.8 Å². The van der Waals surface area contributed by atoms with E-state index in [9.17, 15) is 18.0 Å². The molecule has 3 rings (SSSR count). The van der Waals surface area contributed by atoms with Crippen molar-refractivity contribution >= 4 is 17.4 Å². The summed E-state index contributed by atoms with van der Waals surface area (Å²) < 4.78 is 39.0. The van der Waals surface area contributed by atoms with Gasteiger partial charge in [-0.2, -0.15) is 13.2 Å². The number of nitrogens with one attached hydrogen (secondary N) is 2. The monoisotopic (exact) mass is 373 g/mol. The van der Waals surface area contributed by atoms with Crippen LogP contribution in [0.1, 0.15) is 21.6 Å². The molecule has 0 aliphatic heterocycles. The predicted molar refractivity (Wildman–Crippen MR) is 92.2 cm³/mol. The molecule has 0 spiro atoms. The number of rotatable bonds is 5. The Morgan fingerprint density at radius 3 is 2.37 bits per heavy atom. The molecule has 3 aromatic rings. The molecule has 0 aliphatic carbocycles. The Bertz CT molecular complexity index is 914. The van der Waals surface area contributed by atoms with Gasteiger partial charge in [-0.3, -0.25) is 9.78 Å². The summed E-state index contributed by atoms with van der Waals surface area (Å²) in [6.07, 6.45) is -1.27. The average Bonchev–Trinajstić information content (AvgIpc) is 2.67. The van der Waals surface area contributed by atoms with Crippen LogP contribution in [0.15, 0.2) is 60.9 Å². The molecule has 2 aromatic heterocycles. The highest BCUT2D eigenvalue weighted by molar-refractivity contribution is 5.92. The minimum absolute atomic E-state index is 0.0544. The third-order valence-corrected chi connectivity index (χ3v) is 3.59. The van der Waals surface area contributed by atoms with E-state index in [0.29, 0.717) is 6.54 Å². The van der Waals surface area contributed by atoms with Crippen molar-refractivity contribution < 1.29 is 18.0 Å². The van der Waals surface area contributed by atoms with Crippen LogP contribution in [-0.2, 0) is 12.7 Å². The highest BCUT2D eigenvalue weighted by Crippen LogP contribution is 2.35. The number of alkyl halides is 3. The number of anilines is 2. The molecular formula is C18H14F3N5O. The van der Waals surface area contributed by atoms with Gasteiger partial charge in [-0.25, -0.2) is 0 Å². The molecule has 27 heavy (non-hydrogen) atoms. The second kappa shape index (κ2) is 7.81. The van der Waals surface area contributed by atoms with E-state index in [-0.39, 0.29) is 17.2 Å². The van der Waals surface area contributed by atoms with E-state index in [4.69, 9.17) is 0 Å². The fraction of sp³-hybridized carbons (Fsp3) is 0.111. The number of amides is 1. The Kier molecular flexibility index (Phi) is 5.30. The van der Waals surface area contributed by atoms with E-state index in [0.717, 1.165) is 11.6 Å². The van der Waals surface area contributed by atoms with E-state index < -0.39 is 17.6 Å². The largest absolute Gasteiger partial charge is 0.418 e. The minimum Gasteiger partial charge on any atom is -0.347 e. The first-order chi connectivity index (χ1) is 12.9. The second-order valence-electron chi connectivity index (χ2n) is 5.51. The zero-order valence-electron chi connectivity index (χ0n) is 13.9. The van der Waals surface area contributed by atoms with Gasteiger partial charge < -0.3 is 10.6 Å². The van der Waals surface area contributed by atoms with Crippen LogP contribution in [0.4, 0.5) is 24.7 Å². The van der Waals surface area contributed by atoms with E-state index in [1.807, 2.05) is 0 Å². The number of pyridine rings is 1. The van der Waals surface area contributed by atoms with E-state index in [1.54, 1.807) is 24.5 Å². The summed E-state index contributed by atoms with van der Waals surface area (Å²) in [7, 11) is 0. The predicted octanol–water partition coefficient (Wildman–Crippen LogP) is 3.56. The molecule has 2 N–H and O–H groups in total. The van der Waals surface area contributed by atoms with Crippen LogP contribution in [0.2, 0.25) is 0 Å². The number of halogens is 3. The summed E-state index contributed by atoms with van der Waals surface area (Å²) in [6.45, 7) is 0.294. The Hall–Kier alpha value is -3.49. The molecule has 0 saturated heterocycles. The average molecular weight is 373 g/mol. The molecule has 0 fully saturated rings. The number of hydrogen-bond donors (Lipinski definition) is 2. The molecule has 6 nitrogen and oxygen atoms in total. The first-order valence-corrected chi connectivity index (χ1v) is 7.87. The summed E-state index contributed by atoms with van der Waals surface area (Å²) in [5.74, 6) is -0.348. The maximum absolute atomic E-state index is 13.0. The molecule has 0 unspecified atom stereocenters. The zero-order chi connectivity index (χ0) is 19.3. The molecule has 0 atom stereocenters. The summed E-state index contributed by atoms with van der Waals surface area (Å²) in [6, 6.07) is 11.3. The standard InChI is InChI=1S/C18H14F3N5O/c19-18(20,21)13-3-1-2-4-14(13)24-16-6-5-15(25-26-16)17(27)23-11-12-7-9-22-10-8-12/h1-10H,11H2,(H,23,27)(H,24,26). The lowest BCUT2D eigenvalue weighted by Gasteiger charge is -2.13. The molecule has 1 amide bonds. The molecule has 0 bridgehead atoms. The van der Waals surface area contributed by atoms with Crippen molar-refractivity contribution in [1.82, 2.24) is 20.5 Å². The quantitative estimate of drug-likeness (QED) is 0.715. The number of carbonyl (C=O) groups excluding carboxylic acids is 1. The first-order valence-electron chi connectivity index (χ1n) is 7.87. The van der Waals surface area contributed by atoms with Gasteiger partial charge in [0.25, 0.3) is 5.91 Å². The van der Waals surface area contributed by atoms with E-state index >= 15 is 0 Å². The number of benzene rings is 1. The van der Waals surface area contributed by atoms with Gasteiger partial charge in [0.15, 0.2) is 11.5 Å². The number of hydrogen-bond acceptors (Lipinski definition) is 5. The molecule has 0 aliphatic rings. The molecule has 1 aromatic carbocycles. The zero-order valence-corrected chi connectivity index (χ0v) is 13.9. The van der Waals surface area contributed by atoms with Crippen molar-refractivity contribution in [2.75, 3.05) is 5.32 Å². The van der Waals surface area contributed by atoms with Crippen molar-refractivity contribution in [1.29, 1.82) is 0 Å². The van der Waals surface area contributed by atoms with Gasteiger partial charge in [-0.05, 0) is 42.0 Å². The van der Waals surface area contributed by atoms with Crippen LogP contribution in [0.25, 0.3) is 0 Å². The van der Waals surface area contributed by atoms with Crippen LogP contribution >= 0.6 is 0 Å². The maximum atomic E-state index is 13.0. The Labute approximate surface area is 152 Å². The maximum Gasteiger partial charge on any atom is 0.418 e. The van der Waals surface area contributed by atoms with Crippen LogP contribution < -0.4 is 10.6 Å². The Balaban J connectivity index is 1.66. The van der Waals surface area contributed by atoms with Gasteiger partial charge in [0.2, 0.25) is 0 Å². The third-order valence-electron chi connectivity index (χ3n) is 3.59. The highest BCUT2D eigenvalue weighted by atomic mass is 19.4. The lowest BCUT2D eigenvalue weighted by Crippen LogP contribution is -2.24. The fourth-order valence-corrected chi connectivity index (χ4v) is 2.27. The summed E-state index contributed by atoms with van der Waals surface area (Å²) >= 11 is 0. The fourth-order valence-electron chi connectivity index (χ4n) is 2.27. The third kappa shape index (κ3) is 4.78. The van der Waals surface area contributed by atoms with Crippen LogP contribution in [-0.4, -0.2) is 21.1 Å². The van der Waals surface area contributed by atoms with Crippen LogP contribution in [0.3, 0.4) is 0 Å². The number of para-hydroxylation sites is 1. The summed E-state index contributed by atoms with van der Waals surface area (Å²) in [5.41, 5.74) is -0.0350. The summed E-state index contributed by atoms with van der Waals surface area (Å²) in [5, 5.41) is 12.8. The van der Waals surface area contributed by atoms with Crippen molar-refractivity contribution in [3.05, 3.63) is 77.7 Å². The van der Waals surface area contributed by atoms with E-state index in [1.165, 1.54) is 30.3 Å².